The van der Waals surface area contributed by atoms with Crippen LogP contribution in [-0.2, 0) is 11.3 Å². The summed E-state index contributed by atoms with van der Waals surface area (Å²) in [4.78, 5) is 14.8. The molecule has 0 aromatic heterocycles. The number of hydrogen-bond donors (Lipinski definition) is 1. The predicted molar refractivity (Wildman–Crippen MR) is 104 cm³/mol. The normalized spacial score (nSPS) is 16.8. The van der Waals surface area contributed by atoms with Crippen molar-refractivity contribution >= 4 is 17.5 Å². The fourth-order valence-electron chi connectivity index (χ4n) is 3.19. The highest BCUT2D eigenvalue weighted by Crippen LogP contribution is 2.19. The van der Waals surface area contributed by atoms with Crippen molar-refractivity contribution < 1.29 is 9.53 Å². The maximum absolute atomic E-state index is 12.4. The molecule has 26 heavy (non-hydrogen) atoms. The first kappa shape index (κ1) is 18.7. The first-order chi connectivity index (χ1) is 12.6. The van der Waals surface area contributed by atoms with E-state index in [0.29, 0.717) is 10.8 Å². The van der Waals surface area contributed by atoms with E-state index in [1.54, 1.807) is 25.1 Å². The molecule has 2 aromatic carbocycles. The van der Waals surface area contributed by atoms with Gasteiger partial charge < -0.3 is 10.1 Å². The standard InChI is InChI=1S/C21H25ClN2O2/c1-16(26-20-9-5-8-18(22)14-20)21(25)23-19-10-12-24(13-11-19)15-17-6-3-2-4-7-17/h2-9,14,16,19H,10-13,15H2,1H3,(H,23,25). The van der Waals surface area contributed by atoms with Gasteiger partial charge in [0.1, 0.15) is 5.75 Å². The summed E-state index contributed by atoms with van der Waals surface area (Å²) in [5.74, 6) is 0.532. The number of carbonyl (C=O) groups excluding carboxylic acids is 1. The van der Waals surface area contributed by atoms with Crippen molar-refractivity contribution in [3.63, 3.8) is 0 Å². The lowest BCUT2D eigenvalue weighted by Crippen LogP contribution is -2.47. The molecule has 1 heterocycles. The van der Waals surface area contributed by atoms with Gasteiger partial charge in [0.05, 0.1) is 0 Å². The molecule has 2 aromatic rings. The number of amides is 1. The first-order valence-electron chi connectivity index (χ1n) is 9.09. The fraction of sp³-hybridized carbons (Fsp3) is 0.381. The van der Waals surface area contributed by atoms with Gasteiger partial charge in [0.15, 0.2) is 6.10 Å². The molecule has 1 N–H and O–H groups in total. The Morgan fingerprint density at radius 1 is 1.19 bits per heavy atom. The molecule has 1 aliphatic rings. The Balaban J connectivity index is 1.42. The van der Waals surface area contributed by atoms with Gasteiger partial charge in [0, 0.05) is 30.7 Å². The van der Waals surface area contributed by atoms with E-state index < -0.39 is 6.10 Å². The Morgan fingerprint density at radius 3 is 2.62 bits per heavy atom. The molecule has 0 aliphatic carbocycles. The summed E-state index contributed by atoms with van der Waals surface area (Å²) in [5, 5.41) is 3.71. The van der Waals surface area contributed by atoms with Crippen LogP contribution in [0.5, 0.6) is 5.75 Å². The Bertz CT molecular complexity index is 715. The number of ether oxygens (including phenoxy) is 1. The highest BCUT2D eigenvalue weighted by molar-refractivity contribution is 6.30. The average molecular weight is 373 g/mol. The SMILES string of the molecule is CC(Oc1cccc(Cl)c1)C(=O)NC1CCN(Cc2ccccc2)CC1. The summed E-state index contributed by atoms with van der Waals surface area (Å²) in [6.07, 6.45) is 1.38. The maximum atomic E-state index is 12.4. The molecule has 1 saturated heterocycles. The number of likely N-dealkylation sites (tertiary alicyclic amines) is 1. The van der Waals surface area contributed by atoms with Crippen LogP contribution in [0.3, 0.4) is 0 Å². The highest BCUT2D eigenvalue weighted by Gasteiger charge is 2.23. The van der Waals surface area contributed by atoms with E-state index in [1.165, 1.54) is 5.56 Å². The third kappa shape index (κ3) is 5.48. The number of piperidine rings is 1. The van der Waals surface area contributed by atoms with E-state index >= 15 is 0 Å². The minimum absolute atomic E-state index is 0.0773. The molecule has 1 aliphatic heterocycles. The third-order valence-corrected chi connectivity index (χ3v) is 4.90. The summed E-state index contributed by atoms with van der Waals surface area (Å²) >= 11 is 5.95. The first-order valence-corrected chi connectivity index (χ1v) is 9.47. The van der Waals surface area contributed by atoms with Crippen molar-refractivity contribution in [2.24, 2.45) is 0 Å². The molecule has 5 heteroatoms. The molecule has 1 fully saturated rings. The maximum Gasteiger partial charge on any atom is 0.260 e. The van der Waals surface area contributed by atoms with E-state index in [2.05, 4.69) is 34.5 Å². The van der Waals surface area contributed by atoms with E-state index in [9.17, 15) is 4.79 Å². The van der Waals surface area contributed by atoms with Crippen LogP contribution in [0, 0.1) is 0 Å². The summed E-state index contributed by atoms with van der Waals surface area (Å²) in [5.41, 5.74) is 1.33. The predicted octanol–water partition coefficient (Wildman–Crippen LogP) is 3.89. The quantitative estimate of drug-likeness (QED) is 0.836. The van der Waals surface area contributed by atoms with Crippen LogP contribution in [0.1, 0.15) is 25.3 Å². The average Bonchev–Trinajstić information content (AvgIpc) is 2.64. The molecule has 0 spiro atoms. The summed E-state index contributed by atoms with van der Waals surface area (Å²) in [6.45, 7) is 4.71. The molecule has 4 nitrogen and oxygen atoms in total. The number of nitrogens with one attached hydrogen (secondary N) is 1. The number of hydrogen-bond acceptors (Lipinski definition) is 3. The Kier molecular flexibility index (Phi) is 6.53. The minimum atomic E-state index is -0.546. The largest absolute Gasteiger partial charge is 0.481 e. The van der Waals surface area contributed by atoms with E-state index in [4.69, 9.17) is 16.3 Å². The van der Waals surface area contributed by atoms with E-state index in [0.717, 1.165) is 32.5 Å². The molecule has 3 rings (SSSR count). The Morgan fingerprint density at radius 2 is 1.92 bits per heavy atom. The van der Waals surface area contributed by atoms with Crippen molar-refractivity contribution in [3.05, 3.63) is 65.2 Å². The van der Waals surface area contributed by atoms with Crippen LogP contribution in [-0.4, -0.2) is 36.0 Å². The molecule has 1 unspecified atom stereocenters. The third-order valence-electron chi connectivity index (χ3n) is 4.66. The number of benzene rings is 2. The van der Waals surface area contributed by atoms with Crippen LogP contribution >= 0.6 is 11.6 Å². The van der Waals surface area contributed by atoms with Gasteiger partial charge >= 0.3 is 0 Å². The zero-order valence-corrected chi connectivity index (χ0v) is 15.8. The molecule has 1 amide bonds. The van der Waals surface area contributed by atoms with Gasteiger partial charge in [0.2, 0.25) is 0 Å². The molecular formula is C21H25ClN2O2. The van der Waals surface area contributed by atoms with Gasteiger partial charge in [-0.05, 0) is 43.5 Å². The van der Waals surface area contributed by atoms with Gasteiger partial charge in [-0.3, -0.25) is 9.69 Å². The molecule has 1 atom stereocenters. The summed E-state index contributed by atoms with van der Waals surface area (Å²) in [7, 11) is 0. The van der Waals surface area contributed by atoms with Crippen molar-refractivity contribution in [1.82, 2.24) is 10.2 Å². The zero-order valence-electron chi connectivity index (χ0n) is 15.0. The van der Waals surface area contributed by atoms with E-state index in [1.807, 2.05) is 12.1 Å². The van der Waals surface area contributed by atoms with Crippen LogP contribution in [0.2, 0.25) is 5.02 Å². The Labute approximate surface area is 160 Å². The topological polar surface area (TPSA) is 41.6 Å². The number of nitrogens with zero attached hydrogens (tertiary/aromatic N) is 1. The van der Waals surface area contributed by atoms with Gasteiger partial charge in [-0.2, -0.15) is 0 Å². The van der Waals surface area contributed by atoms with Crippen LogP contribution in [0.4, 0.5) is 0 Å². The fourth-order valence-corrected chi connectivity index (χ4v) is 3.37. The van der Waals surface area contributed by atoms with Crippen molar-refractivity contribution in [2.75, 3.05) is 13.1 Å². The lowest BCUT2D eigenvalue weighted by Gasteiger charge is -2.32. The number of halogens is 1. The minimum Gasteiger partial charge on any atom is -0.481 e. The van der Waals surface area contributed by atoms with Crippen molar-refractivity contribution in [1.29, 1.82) is 0 Å². The van der Waals surface area contributed by atoms with Gasteiger partial charge in [-0.1, -0.05) is 48.0 Å². The zero-order chi connectivity index (χ0) is 18.4. The second-order valence-corrected chi connectivity index (χ2v) is 7.20. The lowest BCUT2D eigenvalue weighted by atomic mass is 10.0. The highest BCUT2D eigenvalue weighted by atomic mass is 35.5. The van der Waals surface area contributed by atoms with Gasteiger partial charge in [0.25, 0.3) is 5.91 Å². The van der Waals surface area contributed by atoms with Gasteiger partial charge in [-0.25, -0.2) is 0 Å². The molecule has 138 valence electrons. The van der Waals surface area contributed by atoms with Crippen LogP contribution < -0.4 is 10.1 Å². The smallest absolute Gasteiger partial charge is 0.260 e. The number of rotatable bonds is 6. The summed E-state index contributed by atoms with van der Waals surface area (Å²) in [6, 6.07) is 17.8. The van der Waals surface area contributed by atoms with Crippen molar-refractivity contribution in [2.45, 2.75) is 38.5 Å². The molecule has 0 saturated carbocycles. The van der Waals surface area contributed by atoms with Gasteiger partial charge in [-0.15, -0.1) is 0 Å². The second-order valence-electron chi connectivity index (χ2n) is 6.76. The monoisotopic (exact) mass is 372 g/mol. The van der Waals surface area contributed by atoms with Crippen LogP contribution in [0.25, 0.3) is 0 Å². The second kappa shape index (κ2) is 9.06. The van der Waals surface area contributed by atoms with Crippen LogP contribution in [0.15, 0.2) is 54.6 Å². The summed E-state index contributed by atoms with van der Waals surface area (Å²) < 4.78 is 5.69. The van der Waals surface area contributed by atoms with Crippen molar-refractivity contribution in [3.8, 4) is 5.75 Å². The lowest BCUT2D eigenvalue weighted by molar-refractivity contribution is -0.128. The molecule has 0 bridgehead atoms. The Hall–Kier alpha value is -2.04. The molecular weight excluding hydrogens is 348 g/mol. The number of carbonyl (C=O) groups is 1. The van der Waals surface area contributed by atoms with E-state index in [-0.39, 0.29) is 11.9 Å². The molecule has 0 radical (unpaired) electrons.